The summed E-state index contributed by atoms with van der Waals surface area (Å²) in [5.74, 6) is 0. The van der Waals surface area contributed by atoms with Crippen molar-refractivity contribution in [3.05, 3.63) is 24.3 Å². The molecule has 1 aromatic carbocycles. The zero-order valence-electron chi connectivity index (χ0n) is 12.2. The maximum Gasteiger partial charge on any atom is 0.0970 e. The number of rotatable bonds is 3. The SMILES string of the molecule is SC(S)N1CCN(c2ccc(N3CCOCC3)cc2)CC1. The molecule has 2 aliphatic rings. The fraction of sp³-hybridized carbons (Fsp3) is 0.600. The lowest BCUT2D eigenvalue weighted by Crippen LogP contribution is -2.47. The molecule has 2 heterocycles. The van der Waals surface area contributed by atoms with Gasteiger partial charge in [0.05, 0.1) is 17.9 Å². The van der Waals surface area contributed by atoms with Crippen LogP contribution in [0.4, 0.5) is 11.4 Å². The summed E-state index contributed by atoms with van der Waals surface area (Å²) >= 11 is 8.77. The number of hydrogen-bond acceptors (Lipinski definition) is 6. The minimum atomic E-state index is 0.0517. The second kappa shape index (κ2) is 7.13. The van der Waals surface area contributed by atoms with E-state index in [0.29, 0.717) is 0 Å². The molecule has 2 aliphatic heterocycles. The van der Waals surface area contributed by atoms with E-state index in [1.807, 2.05) is 0 Å². The van der Waals surface area contributed by atoms with E-state index in [4.69, 9.17) is 4.74 Å². The fourth-order valence-electron chi connectivity index (χ4n) is 2.91. The second-order valence-electron chi connectivity index (χ2n) is 5.49. The Morgan fingerprint density at radius 3 is 1.71 bits per heavy atom. The molecule has 2 fully saturated rings. The fourth-order valence-corrected chi connectivity index (χ4v) is 3.37. The molecule has 6 heteroatoms. The van der Waals surface area contributed by atoms with Crippen LogP contribution in [0.2, 0.25) is 0 Å². The average Bonchev–Trinajstić information content (AvgIpc) is 2.56. The minimum Gasteiger partial charge on any atom is -0.378 e. The molecule has 3 rings (SSSR count). The molecule has 0 bridgehead atoms. The summed E-state index contributed by atoms with van der Waals surface area (Å²) in [7, 11) is 0. The van der Waals surface area contributed by atoms with Crippen LogP contribution in [-0.4, -0.2) is 62.1 Å². The molecule has 21 heavy (non-hydrogen) atoms. The van der Waals surface area contributed by atoms with Crippen LogP contribution < -0.4 is 9.80 Å². The third-order valence-electron chi connectivity index (χ3n) is 4.23. The highest BCUT2D eigenvalue weighted by Gasteiger charge is 2.20. The first-order valence-corrected chi connectivity index (χ1v) is 8.55. The normalized spacial score (nSPS) is 21.1. The number of thiol groups is 2. The molecule has 4 nitrogen and oxygen atoms in total. The Balaban J connectivity index is 1.59. The van der Waals surface area contributed by atoms with Gasteiger partial charge in [0.15, 0.2) is 0 Å². The van der Waals surface area contributed by atoms with Crippen LogP contribution in [0, 0.1) is 0 Å². The van der Waals surface area contributed by atoms with Crippen molar-refractivity contribution in [3.63, 3.8) is 0 Å². The monoisotopic (exact) mass is 325 g/mol. The Bertz CT molecular complexity index is 441. The van der Waals surface area contributed by atoms with Gasteiger partial charge in [-0.05, 0) is 24.3 Å². The summed E-state index contributed by atoms with van der Waals surface area (Å²) in [6.07, 6.45) is 0. The molecule has 0 aromatic heterocycles. The van der Waals surface area contributed by atoms with Crippen LogP contribution in [0.3, 0.4) is 0 Å². The van der Waals surface area contributed by atoms with Gasteiger partial charge < -0.3 is 14.5 Å². The molecule has 0 saturated carbocycles. The minimum absolute atomic E-state index is 0.0517. The van der Waals surface area contributed by atoms with Crippen LogP contribution in [0.25, 0.3) is 0 Å². The zero-order valence-corrected chi connectivity index (χ0v) is 14.0. The van der Waals surface area contributed by atoms with E-state index in [2.05, 4.69) is 64.2 Å². The zero-order chi connectivity index (χ0) is 14.7. The van der Waals surface area contributed by atoms with Crippen molar-refractivity contribution in [1.29, 1.82) is 0 Å². The molecule has 0 atom stereocenters. The van der Waals surface area contributed by atoms with Crippen molar-refractivity contribution in [2.24, 2.45) is 0 Å². The smallest absolute Gasteiger partial charge is 0.0970 e. The van der Waals surface area contributed by atoms with E-state index in [1.54, 1.807) is 0 Å². The van der Waals surface area contributed by atoms with Crippen molar-refractivity contribution in [3.8, 4) is 0 Å². The Hall–Kier alpha value is -0.560. The van der Waals surface area contributed by atoms with Gasteiger partial charge in [-0.3, -0.25) is 4.90 Å². The van der Waals surface area contributed by atoms with Crippen molar-refractivity contribution in [2.75, 3.05) is 62.3 Å². The Kier molecular flexibility index (Phi) is 5.21. The number of ether oxygens (including phenoxy) is 1. The first-order valence-electron chi connectivity index (χ1n) is 7.52. The van der Waals surface area contributed by atoms with Gasteiger partial charge in [-0.25, -0.2) is 0 Å². The van der Waals surface area contributed by atoms with E-state index in [1.165, 1.54) is 11.4 Å². The number of anilines is 2. The average molecular weight is 326 g/mol. The van der Waals surface area contributed by atoms with Gasteiger partial charge in [0, 0.05) is 50.6 Å². The lowest BCUT2D eigenvalue weighted by molar-refractivity contribution is 0.122. The van der Waals surface area contributed by atoms with Gasteiger partial charge in [-0.1, -0.05) is 0 Å². The third-order valence-corrected chi connectivity index (χ3v) is 4.89. The highest BCUT2D eigenvalue weighted by molar-refractivity contribution is 7.99. The molecule has 0 unspecified atom stereocenters. The van der Waals surface area contributed by atoms with Gasteiger partial charge in [0.25, 0.3) is 0 Å². The maximum absolute atomic E-state index is 5.40. The predicted octanol–water partition coefficient (Wildman–Crippen LogP) is 1.79. The van der Waals surface area contributed by atoms with Crippen molar-refractivity contribution in [2.45, 2.75) is 4.71 Å². The summed E-state index contributed by atoms with van der Waals surface area (Å²) in [6, 6.07) is 8.93. The molecule has 0 N–H and O–H groups in total. The molecule has 0 aliphatic carbocycles. The molecule has 0 radical (unpaired) electrons. The van der Waals surface area contributed by atoms with E-state index >= 15 is 0 Å². The van der Waals surface area contributed by atoms with E-state index in [9.17, 15) is 0 Å². The van der Waals surface area contributed by atoms with Gasteiger partial charge >= 0.3 is 0 Å². The number of piperazine rings is 1. The number of morpholine rings is 1. The van der Waals surface area contributed by atoms with Gasteiger partial charge in [-0.15, -0.1) is 25.3 Å². The van der Waals surface area contributed by atoms with Gasteiger partial charge in [0.2, 0.25) is 0 Å². The Morgan fingerprint density at radius 2 is 1.24 bits per heavy atom. The quantitative estimate of drug-likeness (QED) is 0.652. The summed E-state index contributed by atoms with van der Waals surface area (Å²) in [6.45, 7) is 7.75. The van der Waals surface area contributed by atoms with Crippen LogP contribution in [0.1, 0.15) is 0 Å². The van der Waals surface area contributed by atoms with E-state index in [0.717, 1.165) is 52.5 Å². The Labute approximate surface area is 137 Å². The molecular formula is C15H23N3OS2. The third kappa shape index (κ3) is 3.80. The van der Waals surface area contributed by atoms with Crippen LogP contribution in [-0.2, 0) is 4.74 Å². The summed E-state index contributed by atoms with van der Waals surface area (Å²) < 4.78 is 5.45. The first kappa shape index (κ1) is 15.3. The van der Waals surface area contributed by atoms with Gasteiger partial charge in [-0.2, -0.15) is 0 Å². The highest BCUT2D eigenvalue weighted by Crippen LogP contribution is 2.23. The number of nitrogens with zero attached hydrogens (tertiary/aromatic N) is 3. The van der Waals surface area contributed by atoms with Crippen LogP contribution >= 0.6 is 25.3 Å². The summed E-state index contributed by atoms with van der Waals surface area (Å²) in [4.78, 5) is 7.10. The molecule has 0 amide bonds. The molecule has 0 spiro atoms. The number of benzene rings is 1. The molecular weight excluding hydrogens is 302 g/mol. The maximum atomic E-state index is 5.40. The van der Waals surface area contributed by atoms with Crippen LogP contribution in [0.15, 0.2) is 24.3 Å². The predicted molar refractivity (Wildman–Crippen MR) is 95.0 cm³/mol. The molecule has 116 valence electrons. The van der Waals surface area contributed by atoms with Crippen molar-refractivity contribution >= 4 is 36.6 Å². The van der Waals surface area contributed by atoms with Crippen molar-refractivity contribution in [1.82, 2.24) is 4.90 Å². The lowest BCUT2D eigenvalue weighted by Gasteiger charge is -2.37. The lowest BCUT2D eigenvalue weighted by atomic mass is 10.2. The number of hydrogen-bond donors (Lipinski definition) is 2. The largest absolute Gasteiger partial charge is 0.378 e. The summed E-state index contributed by atoms with van der Waals surface area (Å²) in [5, 5.41) is 0. The standard InChI is InChI=1S/C15H23N3OS2/c20-15(21)18-7-5-16(6-8-18)13-1-3-14(4-2-13)17-9-11-19-12-10-17/h1-4,15,20-21H,5-12H2. The highest BCUT2D eigenvalue weighted by atomic mass is 32.2. The first-order chi connectivity index (χ1) is 10.2. The summed E-state index contributed by atoms with van der Waals surface area (Å²) in [5.41, 5.74) is 2.60. The molecule has 1 aromatic rings. The van der Waals surface area contributed by atoms with Crippen molar-refractivity contribution < 1.29 is 4.74 Å². The molecule has 2 saturated heterocycles. The Morgan fingerprint density at radius 1 is 0.762 bits per heavy atom. The second-order valence-corrected chi connectivity index (χ2v) is 6.87. The van der Waals surface area contributed by atoms with Crippen LogP contribution in [0.5, 0.6) is 0 Å². The van der Waals surface area contributed by atoms with E-state index in [-0.39, 0.29) is 4.71 Å². The van der Waals surface area contributed by atoms with Gasteiger partial charge in [0.1, 0.15) is 0 Å². The topological polar surface area (TPSA) is 19.0 Å². The van der Waals surface area contributed by atoms with E-state index < -0.39 is 0 Å².